The third kappa shape index (κ3) is 4.13. The molecule has 1 aromatic heterocycles. The van der Waals surface area contributed by atoms with Crippen molar-refractivity contribution < 1.29 is 9.53 Å². The Labute approximate surface area is 107 Å². The third-order valence-corrected chi connectivity index (χ3v) is 3.58. The van der Waals surface area contributed by atoms with Crippen LogP contribution < -0.4 is 5.32 Å². The van der Waals surface area contributed by atoms with E-state index >= 15 is 0 Å². The Kier molecular flexibility index (Phi) is 4.71. The number of hydrogen-bond acceptors (Lipinski definition) is 3. The van der Waals surface area contributed by atoms with E-state index in [0.29, 0.717) is 6.54 Å². The summed E-state index contributed by atoms with van der Waals surface area (Å²) in [6.07, 6.45) is -0.0556. The second kappa shape index (κ2) is 5.65. The maximum absolute atomic E-state index is 11.8. The van der Waals surface area contributed by atoms with Crippen molar-refractivity contribution in [1.29, 1.82) is 0 Å². The first-order valence-corrected chi connectivity index (χ1v) is 6.53. The van der Waals surface area contributed by atoms with Gasteiger partial charge in [-0.1, -0.05) is 20.8 Å². The van der Waals surface area contributed by atoms with E-state index in [1.807, 2.05) is 20.8 Å². The molecule has 0 radical (unpaired) electrons. The van der Waals surface area contributed by atoms with E-state index in [9.17, 15) is 4.79 Å². The van der Waals surface area contributed by atoms with Crippen molar-refractivity contribution in [1.82, 2.24) is 5.32 Å². The van der Waals surface area contributed by atoms with Gasteiger partial charge in [0.05, 0.1) is 0 Å². The summed E-state index contributed by atoms with van der Waals surface area (Å²) in [5.74, 6) is 0.0489. The molecule has 0 saturated heterocycles. The van der Waals surface area contributed by atoms with E-state index in [1.54, 1.807) is 18.4 Å². The maximum Gasteiger partial charge on any atom is 0.225 e. The summed E-state index contributed by atoms with van der Waals surface area (Å²) >= 11 is 1.70. The summed E-state index contributed by atoms with van der Waals surface area (Å²) in [6, 6.07) is 4.12. The first-order chi connectivity index (χ1) is 7.84. The molecule has 1 heterocycles. The zero-order chi connectivity index (χ0) is 13.1. The van der Waals surface area contributed by atoms with Gasteiger partial charge in [0, 0.05) is 28.8 Å². The van der Waals surface area contributed by atoms with Crippen LogP contribution in [0.15, 0.2) is 12.1 Å². The highest BCUT2D eigenvalue weighted by Gasteiger charge is 2.22. The smallest absolute Gasteiger partial charge is 0.225 e. The van der Waals surface area contributed by atoms with Crippen LogP contribution >= 0.6 is 11.3 Å². The molecule has 1 N–H and O–H groups in total. The van der Waals surface area contributed by atoms with Crippen LogP contribution in [0.1, 0.15) is 36.6 Å². The summed E-state index contributed by atoms with van der Waals surface area (Å²) in [7, 11) is 1.67. The number of aryl methyl sites for hydroxylation is 1. The molecule has 1 aromatic rings. The van der Waals surface area contributed by atoms with Crippen LogP contribution in [0.4, 0.5) is 0 Å². The highest BCUT2D eigenvalue weighted by atomic mass is 32.1. The number of methoxy groups -OCH3 is 1. The van der Waals surface area contributed by atoms with Crippen molar-refractivity contribution in [2.24, 2.45) is 5.41 Å². The number of rotatable bonds is 4. The lowest BCUT2D eigenvalue weighted by Crippen LogP contribution is -2.37. The minimum Gasteiger partial charge on any atom is -0.374 e. The number of thiophene rings is 1. The fourth-order valence-corrected chi connectivity index (χ4v) is 2.33. The fourth-order valence-electron chi connectivity index (χ4n) is 1.38. The topological polar surface area (TPSA) is 38.3 Å². The van der Waals surface area contributed by atoms with Gasteiger partial charge >= 0.3 is 0 Å². The van der Waals surface area contributed by atoms with Gasteiger partial charge in [-0.25, -0.2) is 0 Å². The van der Waals surface area contributed by atoms with E-state index in [1.165, 1.54) is 4.88 Å². The van der Waals surface area contributed by atoms with Crippen molar-refractivity contribution in [3.63, 3.8) is 0 Å². The molecule has 0 aliphatic heterocycles. The van der Waals surface area contributed by atoms with Crippen molar-refractivity contribution in [2.75, 3.05) is 13.7 Å². The van der Waals surface area contributed by atoms with E-state index < -0.39 is 0 Å². The normalized spacial score (nSPS) is 13.5. The number of carbonyl (C=O) groups is 1. The van der Waals surface area contributed by atoms with Crippen molar-refractivity contribution >= 4 is 17.2 Å². The molecular formula is C13H21NO2S. The van der Waals surface area contributed by atoms with Gasteiger partial charge in [-0.15, -0.1) is 11.3 Å². The molecule has 1 atom stereocenters. The second-order valence-corrected chi connectivity index (χ2v) is 6.45. The molecular weight excluding hydrogens is 234 g/mol. The highest BCUT2D eigenvalue weighted by molar-refractivity contribution is 7.12. The number of hydrogen-bond donors (Lipinski definition) is 1. The molecule has 0 fully saturated rings. The van der Waals surface area contributed by atoms with E-state index in [0.717, 1.165) is 4.88 Å². The van der Waals surface area contributed by atoms with E-state index in [-0.39, 0.29) is 17.4 Å². The molecule has 1 rings (SSSR count). The number of nitrogens with one attached hydrogen (secondary N) is 1. The molecule has 17 heavy (non-hydrogen) atoms. The molecule has 0 aliphatic rings. The molecule has 0 bridgehead atoms. The molecule has 4 heteroatoms. The number of amides is 1. The molecule has 3 nitrogen and oxygen atoms in total. The summed E-state index contributed by atoms with van der Waals surface area (Å²) in [4.78, 5) is 14.2. The van der Waals surface area contributed by atoms with Crippen LogP contribution in [0, 0.1) is 12.3 Å². The van der Waals surface area contributed by atoms with Gasteiger partial charge in [-0.05, 0) is 19.1 Å². The van der Waals surface area contributed by atoms with Gasteiger partial charge in [0.2, 0.25) is 5.91 Å². The highest BCUT2D eigenvalue weighted by Crippen LogP contribution is 2.24. The van der Waals surface area contributed by atoms with Gasteiger partial charge in [-0.2, -0.15) is 0 Å². The Bertz CT molecular complexity index is 379. The lowest BCUT2D eigenvalue weighted by molar-refractivity contribution is -0.129. The molecule has 96 valence electrons. The second-order valence-electron chi connectivity index (χ2n) is 5.13. The summed E-state index contributed by atoms with van der Waals surface area (Å²) in [6.45, 7) is 8.29. The SMILES string of the molecule is COC(CNC(=O)C(C)(C)C)c1ccc(C)s1. The first kappa shape index (κ1) is 14.2. The van der Waals surface area contributed by atoms with Crippen LogP contribution in [0.25, 0.3) is 0 Å². The van der Waals surface area contributed by atoms with E-state index in [4.69, 9.17) is 4.74 Å². The number of ether oxygens (including phenoxy) is 1. The lowest BCUT2D eigenvalue weighted by Gasteiger charge is -2.20. The van der Waals surface area contributed by atoms with Crippen LogP contribution in [-0.2, 0) is 9.53 Å². The summed E-state index contributed by atoms with van der Waals surface area (Å²) < 4.78 is 5.41. The van der Waals surface area contributed by atoms with Gasteiger partial charge in [0.15, 0.2) is 0 Å². The Morgan fingerprint density at radius 3 is 2.53 bits per heavy atom. The largest absolute Gasteiger partial charge is 0.374 e. The van der Waals surface area contributed by atoms with Crippen LogP contribution in [-0.4, -0.2) is 19.6 Å². The van der Waals surface area contributed by atoms with Gasteiger partial charge in [-0.3, -0.25) is 4.79 Å². The Morgan fingerprint density at radius 2 is 2.12 bits per heavy atom. The molecule has 1 unspecified atom stereocenters. The minimum absolute atomic E-state index is 0.0489. The van der Waals surface area contributed by atoms with Crippen LogP contribution in [0.3, 0.4) is 0 Å². The molecule has 0 saturated carbocycles. The van der Waals surface area contributed by atoms with Crippen LogP contribution in [0.2, 0.25) is 0 Å². The van der Waals surface area contributed by atoms with Crippen molar-refractivity contribution in [3.05, 3.63) is 21.9 Å². The predicted molar refractivity (Wildman–Crippen MR) is 71.3 cm³/mol. The Balaban J connectivity index is 2.57. The standard InChI is InChI=1S/C13H21NO2S/c1-9-6-7-11(17-9)10(16-5)8-14-12(15)13(2,3)4/h6-7,10H,8H2,1-5H3,(H,14,15). The zero-order valence-electron chi connectivity index (χ0n) is 11.2. The monoisotopic (exact) mass is 255 g/mol. The van der Waals surface area contributed by atoms with Gasteiger partial charge in [0.25, 0.3) is 0 Å². The van der Waals surface area contributed by atoms with E-state index in [2.05, 4.69) is 24.4 Å². The summed E-state index contributed by atoms with van der Waals surface area (Å²) in [5, 5.41) is 2.92. The third-order valence-electron chi connectivity index (χ3n) is 2.49. The molecule has 0 aromatic carbocycles. The minimum atomic E-state index is -0.357. The summed E-state index contributed by atoms with van der Waals surface area (Å²) in [5.41, 5.74) is -0.357. The van der Waals surface area contributed by atoms with Crippen molar-refractivity contribution in [3.8, 4) is 0 Å². The Hall–Kier alpha value is -0.870. The predicted octanol–water partition coefficient (Wildman–Crippen LogP) is 2.91. The quantitative estimate of drug-likeness (QED) is 0.898. The van der Waals surface area contributed by atoms with Gasteiger partial charge in [0.1, 0.15) is 6.10 Å². The zero-order valence-corrected chi connectivity index (χ0v) is 12.0. The average Bonchev–Trinajstić information content (AvgIpc) is 2.64. The van der Waals surface area contributed by atoms with Crippen LogP contribution in [0.5, 0.6) is 0 Å². The molecule has 0 aliphatic carbocycles. The first-order valence-electron chi connectivity index (χ1n) is 5.72. The number of carbonyl (C=O) groups excluding carboxylic acids is 1. The Morgan fingerprint density at radius 1 is 1.47 bits per heavy atom. The van der Waals surface area contributed by atoms with Crippen molar-refractivity contribution in [2.45, 2.75) is 33.8 Å². The lowest BCUT2D eigenvalue weighted by atomic mass is 9.96. The molecule has 0 spiro atoms. The fraction of sp³-hybridized carbons (Fsp3) is 0.615. The van der Waals surface area contributed by atoms with Gasteiger partial charge < -0.3 is 10.1 Å². The molecule has 1 amide bonds. The maximum atomic E-state index is 11.8. The average molecular weight is 255 g/mol.